The fourth-order valence-corrected chi connectivity index (χ4v) is 3.57. The molecule has 1 saturated heterocycles. The van der Waals surface area contributed by atoms with Gasteiger partial charge in [0.15, 0.2) is 5.96 Å². The first kappa shape index (κ1) is 26.7. The number of guanidine groups is 1. The predicted octanol–water partition coefficient (Wildman–Crippen LogP) is 2.81. The number of amides is 1. The maximum atomic E-state index is 14.1. The lowest BCUT2D eigenvalue weighted by atomic mass is 10.2. The molecule has 180 valence electrons. The number of halogens is 3. The monoisotopic (exact) mass is 572 g/mol. The lowest BCUT2D eigenvalue weighted by Crippen LogP contribution is -2.45. The van der Waals surface area contributed by atoms with Crippen LogP contribution in [0, 0.1) is 11.6 Å². The number of nitrogens with one attached hydrogen (secondary N) is 2. The molecule has 0 saturated carbocycles. The lowest BCUT2D eigenvalue weighted by molar-refractivity contribution is -0.128. The van der Waals surface area contributed by atoms with Crippen molar-refractivity contribution in [1.82, 2.24) is 20.5 Å². The number of hydrogen-bond donors (Lipinski definition) is 2. The van der Waals surface area contributed by atoms with Gasteiger partial charge in [0.25, 0.3) is 0 Å². The summed E-state index contributed by atoms with van der Waals surface area (Å²) in [7, 11) is 1.76. The van der Waals surface area contributed by atoms with E-state index in [4.69, 9.17) is 0 Å². The maximum Gasteiger partial charge on any atom is 0.244 e. The minimum absolute atomic E-state index is 0. The number of carbonyl (C=O) groups excluding carboxylic acids is 1. The van der Waals surface area contributed by atoms with Gasteiger partial charge in [0.2, 0.25) is 5.91 Å². The smallest absolute Gasteiger partial charge is 0.244 e. The summed E-state index contributed by atoms with van der Waals surface area (Å²) in [5, 5.41) is 6.47. The van der Waals surface area contributed by atoms with Crippen LogP contribution in [-0.4, -0.2) is 67.6 Å². The van der Waals surface area contributed by atoms with Gasteiger partial charge >= 0.3 is 0 Å². The van der Waals surface area contributed by atoms with Crippen molar-refractivity contribution in [3.63, 3.8) is 0 Å². The Hall–Kier alpha value is -2.50. The van der Waals surface area contributed by atoms with Gasteiger partial charge in [-0.15, -0.1) is 24.0 Å². The quantitative estimate of drug-likeness (QED) is 0.289. The van der Waals surface area contributed by atoms with Gasteiger partial charge in [-0.2, -0.15) is 0 Å². The van der Waals surface area contributed by atoms with Crippen LogP contribution in [0.25, 0.3) is 0 Å². The second-order valence-electron chi connectivity index (χ2n) is 7.75. The van der Waals surface area contributed by atoms with E-state index in [9.17, 15) is 13.6 Å². The van der Waals surface area contributed by atoms with Crippen molar-refractivity contribution in [2.24, 2.45) is 4.99 Å². The van der Waals surface area contributed by atoms with E-state index in [-0.39, 0.29) is 42.5 Å². The first-order valence-corrected chi connectivity index (χ1v) is 10.8. The van der Waals surface area contributed by atoms with Gasteiger partial charge < -0.3 is 20.4 Å². The number of hydrogen-bond acceptors (Lipinski definition) is 4. The standard InChI is InChI=1S/C23H30F2N6O.HI/c1-3-26-23(28-15-22(32)30(2)12-9-18-6-4-5-11-27-18)29-19-10-13-31(16-19)21-8-7-17(24)14-20(21)25;/h4-8,11,14,19H,3,9-10,12-13,15-16H2,1-2H3,(H2,26,28,29);1H. The van der Waals surface area contributed by atoms with Gasteiger partial charge in [-0.1, -0.05) is 6.07 Å². The molecule has 2 aromatic rings. The molecular weight excluding hydrogens is 541 g/mol. The van der Waals surface area contributed by atoms with Crippen molar-refractivity contribution in [3.05, 3.63) is 59.9 Å². The molecule has 2 heterocycles. The Morgan fingerprint density at radius 1 is 1.30 bits per heavy atom. The average molecular weight is 572 g/mol. The molecule has 1 aliphatic heterocycles. The summed E-state index contributed by atoms with van der Waals surface area (Å²) in [4.78, 5) is 24.7. The topological polar surface area (TPSA) is 72.9 Å². The third-order valence-electron chi connectivity index (χ3n) is 5.35. The third-order valence-corrected chi connectivity index (χ3v) is 5.35. The Morgan fingerprint density at radius 2 is 2.12 bits per heavy atom. The fraction of sp³-hybridized carbons (Fsp3) is 0.435. The van der Waals surface area contributed by atoms with Crippen molar-refractivity contribution in [2.45, 2.75) is 25.8 Å². The van der Waals surface area contributed by atoms with Crippen LogP contribution in [0.1, 0.15) is 19.0 Å². The predicted molar refractivity (Wildman–Crippen MR) is 137 cm³/mol. The number of pyridine rings is 1. The first-order valence-electron chi connectivity index (χ1n) is 10.8. The molecule has 1 atom stereocenters. The van der Waals surface area contributed by atoms with Crippen LogP contribution < -0.4 is 15.5 Å². The van der Waals surface area contributed by atoms with Gasteiger partial charge in [0.05, 0.1) is 5.69 Å². The highest BCUT2D eigenvalue weighted by Gasteiger charge is 2.25. The van der Waals surface area contributed by atoms with E-state index in [1.165, 1.54) is 12.1 Å². The number of nitrogens with zero attached hydrogens (tertiary/aromatic N) is 4. The van der Waals surface area contributed by atoms with Crippen molar-refractivity contribution >= 4 is 41.5 Å². The van der Waals surface area contributed by atoms with E-state index >= 15 is 0 Å². The zero-order valence-electron chi connectivity index (χ0n) is 18.9. The van der Waals surface area contributed by atoms with Crippen molar-refractivity contribution in [3.8, 4) is 0 Å². The number of anilines is 1. The summed E-state index contributed by atoms with van der Waals surface area (Å²) in [5.74, 6) is -0.688. The highest BCUT2D eigenvalue weighted by atomic mass is 127. The number of likely N-dealkylation sites (N-methyl/N-ethyl adjacent to an activating group) is 1. The van der Waals surface area contributed by atoms with Crippen molar-refractivity contribution < 1.29 is 13.6 Å². The zero-order valence-corrected chi connectivity index (χ0v) is 21.3. The molecule has 1 fully saturated rings. The van der Waals surface area contributed by atoms with E-state index in [2.05, 4.69) is 20.6 Å². The molecule has 0 radical (unpaired) electrons. The van der Waals surface area contributed by atoms with E-state index < -0.39 is 11.6 Å². The summed E-state index contributed by atoms with van der Waals surface area (Å²) in [6, 6.07) is 9.39. The van der Waals surface area contributed by atoms with Crippen LogP contribution in [0.5, 0.6) is 0 Å². The van der Waals surface area contributed by atoms with Gasteiger partial charge in [0.1, 0.15) is 18.2 Å². The normalized spacial score (nSPS) is 15.7. The number of aromatic nitrogens is 1. The fourth-order valence-electron chi connectivity index (χ4n) is 3.57. The van der Waals surface area contributed by atoms with E-state index in [1.54, 1.807) is 18.1 Å². The molecule has 3 rings (SSSR count). The van der Waals surface area contributed by atoms with Crippen LogP contribution in [0.3, 0.4) is 0 Å². The Morgan fingerprint density at radius 3 is 2.82 bits per heavy atom. The van der Waals surface area contributed by atoms with Crippen LogP contribution >= 0.6 is 24.0 Å². The van der Waals surface area contributed by atoms with E-state index in [1.807, 2.05) is 30.0 Å². The number of rotatable bonds is 8. The molecule has 1 aliphatic rings. The van der Waals surface area contributed by atoms with Crippen LogP contribution in [-0.2, 0) is 11.2 Å². The molecule has 1 aromatic heterocycles. The Bertz CT molecular complexity index is 930. The summed E-state index contributed by atoms with van der Waals surface area (Å²) in [6.45, 7) is 4.40. The molecule has 1 unspecified atom stereocenters. The molecule has 1 aromatic carbocycles. The second-order valence-corrected chi connectivity index (χ2v) is 7.75. The Balaban J connectivity index is 0.00000385. The molecular formula is C23H31F2IN6O. The molecule has 0 bridgehead atoms. The lowest BCUT2D eigenvalue weighted by Gasteiger charge is -2.21. The van der Waals surface area contributed by atoms with E-state index in [0.717, 1.165) is 18.2 Å². The second kappa shape index (κ2) is 13.3. The molecule has 0 aliphatic carbocycles. The van der Waals surface area contributed by atoms with Gasteiger partial charge in [-0.3, -0.25) is 9.78 Å². The number of benzene rings is 1. The van der Waals surface area contributed by atoms with Gasteiger partial charge in [-0.25, -0.2) is 13.8 Å². The number of aliphatic imine (C=N–C) groups is 1. The van der Waals surface area contributed by atoms with Crippen molar-refractivity contribution in [1.29, 1.82) is 0 Å². The van der Waals surface area contributed by atoms with Gasteiger partial charge in [-0.05, 0) is 37.6 Å². The summed E-state index contributed by atoms with van der Waals surface area (Å²) in [6.07, 6.45) is 3.20. The Kier molecular flexibility index (Phi) is 10.8. The minimum atomic E-state index is -0.587. The summed E-state index contributed by atoms with van der Waals surface area (Å²) < 4.78 is 27.3. The van der Waals surface area contributed by atoms with Crippen molar-refractivity contribution in [2.75, 3.05) is 44.7 Å². The van der Waals surface area contributed by atoms with Crippen LogP contribution in [0.15, 0.2) is 47.6 Å². The molecule has 2 N–H and O–H groups in total. The summed E-state index contributed by atoms with van der Waals surface area (Å²) in [5.41, 5.74) is 1.33. The minimum Gasteiger partial charge on any atom is -0.367 e. The highest BCUT2D eigenvalue weighted by Crippen LogP contribution is 2.24. The third kappa shape index (κ3) is 8.09. The molecule has 7 nitrogen and oxygen atoms in total. The van der Waals surface area contributed by atoms with E-state index in [0.29, 0.717) is 44.2 Å². The van der Waals surface area contributed by atoms with Crippen LogP contribution in [0.4, 0.5) is 14.5 Å². The Labute approximate surface area is 210 Å². The molecule has 33 heavy (non-hydrogen) atoms. The highest BCUT2D eigenvalue weighted by molar-refractivity contribution is 14.0. The number of carbonyl (C=O) groups is 1. The SMILES string of the molecule is CCNC(=NCC(=O)N(C)CCc1ccccn1)NC1CCN(c2ccc(F)cc2F)C1.I. The average Bonchev–Trinajstić information content (AvgIpc) is 3.24. The summed E-state index contributed by atoms with van der Waals surface area (Å²) >= 11 is 0. The maximum absolute atomic E-state index is 14.1. The largest absolute Gasteiger partial charge is 0.367 e. The van der Waals surface area contributed by atoms with Gasteiger partial charge in [0, 0.05) is 63.6 Å². The molecule has 10 heteroatoms. The zero-order chi connectivity index (χ0) is 22.9. The first-order chi connectivity index (χ1) is 15.5. The van der Waals surface area contributed by atoms with Crippen LogP contribution in [0.2, 0.25) is 0 Å². The molecule has 0 spiro atoms. The molecule has 1 amide bonds.